The Balaban J connectivity index is 2.77. The van der Waals surface area contributed by atoms with Gasteiger partial charge in [-0.05, 0) is 19.7 Å². The lowest BCUT2D eigenvalue weighted by Gasteiger charge is -1.96. The predicted molar refractivity (Wildman–Crippen MR) is 61.5 cm³/mol. The van der Waals surface area contributed by atoms with Crippen molar-refractivity contribution in [2.24, 2.45) is 0 Å². The Morgan fingerprint density at radius 3 is 2.85 bits per heavy atom. The van der Waals surface area contributed by atoms with E-state index in [4.69, 9.17) is 0 Å². The van der Waals surface area contributed by atoms with Crippen molar-refractivity contribution in [2.75, 3.05) is 13.3 Å². The number of thioether (sulfide) groups is 1. The fourth-order valence-electron chi connectivity index (χ4n) is 1.20. The van der Waals surface area contributed by atoms with E-state index in [2.05, 4.69) is 23.5 Å². The molecular formula is C9H16N2S2. The number of hydrogen-bond acceptors (Lipinski definition) is 4. The van der Waals surface area contributed by atoms with E-state index in [-0.39, 0.29) is 0 Å². The van der Waals surface area contributed by atoms with E-state index in [1.54, 1.807) is 0 Å². The van der Waals surface area contributed by atoms with Crippen molar-refractivity contribution < 1.29 is 0 Å². The Hall–Kier alpha value is -0.0600. The molecule has 1 heterocycles. The van der Waals surface area contributed by atoms with Gasteiger partial charge in [-0.2, -0.15) is 11.8 Å². The van der Waals surface area contributed by atoms with Gasteiger partial charge >= 0.3 is 0 Å². The zero-order valence-corrected chi connectivity index (χ0v) is 10.0. The molecule has 4 heteroatoms. The molecule has 1 N–H and O–H groups in total. The maximum Gasteiger partial charge on any atom is 0.103 e. The minimum atomic E-state index is 0.954. The van der Waals surface area contributed by atoms with Gasteiger partial charge in [0.25, 0.3) is 0 Å². The molecule has 0 spiro atoms. The zero-order chi connectivity index (χ0) is 9.68. The molecule has 0 saturated carbocycles. The van der Waals surface area contributed by atoms with Crippen LogP contribution in [0.3, 0.4) is 0 Å². The van der Waals surface area contributed by atoms with Crippen LogP contribution in [-0.2, 0) is 18.7 Å². The second-order valence-corrected chi connectivity index (χ2v) is 4.83. The summed E-state index contributed by atoms with van der Waals surface area (Å²) in [5.41, 5.74) is 1.27. The van der Waals surface area contributed by atoms with Gasteiger partial charge < -0.3 is 5.32 Å². The number of rotatable bonds is 5. The summed E-state index contributed by atoms with van der Waals surface area (Å²) in [5, 5.41) is 4.44. The summed E-state index contributed by atoms with van der Waals surface area (Å²) in [6, 6.07) is 0. The Morgan fingerprint density at radius 2 is 2.31 bits per heavy atom. The van der Waals surface area contributed by atoms with E-state index in [0.29, 0.717) is 0 Å². The monoisotopic (exact) mass is 216 g/mol. The Kier molecular flexibility index (Phi) is 4.77. The van der Waals surface area contributed by atoms with E-state index in [1.165, 1.54) is 15.6 Å². The molecule has 13 heavy (non-hydrogen) atoms. The molecule has 1 aromatic heterocycles. The van der Waals surface area contributed by atoms with Crippen LogP contribution in [0.15, 0.2) is 0 Å². The standard InChI is InChI=1S/C9H16N2S2/c1-4-7-8(5-10-2)13-9(11-7)6-12-3/h10H,4-6H2,1-3H3. The molecule has 0 aliphatic heterocycles. The molecule has 0 amide bonds. The van der Waals surface area contributed by atoms with Gasteiger partial charge in [0.1, 0.15) is 5.01 Å². The summed E-state index contributed by atoms with van der Waals surface area (Å²) < 4.78 is 0. The van der Waals surface area contributed by atoms with E-state index in [1.807, 2.05) is 30.1 Å². The van der Waals surface area contributed by atoms with Gasteiger partial charge in [-0.3, -0.25) is 0 Å². The van der Waals surface area contributed by atoms with E-state index >= 15 is 0 Å². The van der Waals surface area contributed by atoms with Gasteiger partial charge in [0.2, 0.25) is 0 Å². The largest absolute Gasteiger partial charge is 0.315 e. The van der Waals surface area contributed by atoms with Gasteiger partial charge in [0.05, 0.1) is 5.69 Å². The highest BCUT2D eigenvalue weighted by Crippen LogP contribution is 2.21. The molecule has 1 rings (SSSR count). The highest BCUT2D eigenvalue weighted by atomic mass is 32.2. The van der Waals surface area contributed by atoms with Crippen molar-refractivity contribution in [3.05, 3.63) is 15.6 Å². The van der Waals surface area contributed by atoms with Crippen LogP contribution in [0.5, 0.6) is 0 Å². The van der Waals surface area contributed by atoms with Crippen LogP contribution in [0.2, 0.25) is 0 Å². The summed E-state index contributed by atoms with van der Waals surface area (Å²) in [6.07, 6.45) is 3.16. The number of aryl methyl sites for hydroxylation is 1. The second-order valence-electron chi connectivity index (χ2n) is 2.79. The Bertz CT molecular complexity index is 258. The summed E-state index contributed by atoms with van der Waals surface area (Å²) in [7, 11) is 1.98. The van der Waals surface area contributed by atoms with Crippen molar-refractivity contribution in [3.8, 4) is 0 Å². The van der Waals surface area contributed by atoms with Gasteiger partial charge in [-0.15, -0.1) is 11.3 Å². The summed E-state index contributed by atoms with van der Waals surface area (Å²) in [5.74, 6) is 1.04. The van der Waals surface area contributed by atoms with Crippen molar-refractivity contribution in [1.29, 1.82) is 0 Å². The third-order valence-electron chi connectivity index (χ3n) is 1.76. The van der Waals surface area contributed by atoms with E-state index < -0.39 is 0 Å². The van der Waals surface area contributed by atoms with Gasteiger partial charge in [0, 0.05) is 17.2 Å². The van der Waals surface area contributed by atoms with Crippen LogP contribution < -0.4 is 5.32 Å². The van der Waals surface area contributed by atoms with Crippen LogP contribution in [-0.4, -0.2) is 18.3 Å². The molecule has 0 radical (unpaired) electrons. The first-order valence-corrected chi connectivity index (χ1v) is 6.63. The fraction of sp³-hybridized carbons (Fsp3) is 0.667. The number of aromatic nitrogens is 1. The Morgan fingerprint density at radius 1 is 1.54 bits per heavy atom. The summed E-state index contributed by atoms with van der Waals surface area (Å²) in [4.78, 5) is 5.99. The molecular weight excluding hydrogens is 200 g/mol. The third kappa shape index (κ3) is 2.97. The molecule has 74 valence electrons. The highest BCUT2D eigenvalue weighted by Gasteiger charge is 2.07. The molecule has 0 atom stereocenters. The average molecular weight is 216 g/mol. The highest BCUT2D eigenvalue weighted by molar-refractivity contribution is 7.97. The van der Waals surface area contributed by atoms with Crippen LogP contribution in [0.1, 0.15) is 22.5 Å². The summed E-state index contributed by atoms with van der Waals surface area (Å²) in [6.45, 7) is 3.12. The molecule has 0 saturated heterocycles. The lowest BCUT2D eigenvalue weighted by atomic mass is 10.3. The minimum Gasteiger partial charge on any atom is -0.315 e. The lowest BCUT2D eigenvalue weighted by molar-refractivity contribution is 0.814. The number of hydrogen-bond donors (Lipinski definition) is 1. The Labute approximate surface area is 88.2 Å². The van der Waals surface area contributed by atoms with Crippen molar-refractivity contribution in [1.82, 2.24) is 10.3 Å². The molecule has 0 bridgehead atoms. The van der Waals surface area contributed by atoms with Gasteiger partial charge in [-0.25, -0.2) is 4.98 Å². The average Bonchev–Trinajstić information content (AvgIpc) is 2.49. The van der Waals surface area contributed by atoms with Crippen LogP contribution in [0.25, 0.3) is 0 Å². The number of nitrogens with one attached hydrogen (secondary N) is 1. The molecule has 0 aliphatic rings. The molecule has 0 unspecified atom stereocenters. The third-order valence-corrected chi connectivity index (χ3v) is 3.61. The topological polar surface area (TPSA) is 24.9 Å². The number of nitrogens with zero attached hydrogens (tertiary/aromatic N) is 1. The first kappa shape index (κ1) is 11.0. The molecule has 0 fully saturated rings. The van der Waals surface area contributed by atoms with Crippen LogP contribution in [0.4, 0.5) is 0 Å². The van der Waals surface area contributed by atoms with Crippen molar-refractivity contribution in [3.63, 3.8) is 0 Å². The first-order chi connectivity index (χ1) is 6.31. The van der Waals surface area contributed by atoms with Gasteiger partial charge in [-0.1, -0.05) is 6.92 Å². The smallest absolute Gasteiger partial charge is 0.103 e. The fourth-order valence-corrected chi connectivity index (χ4v) is 3.06. The maximum absolute atomic E-state index is 4.59. The van der Waals surface area contributed by atoms with Crippen molar-refractivity contribution in [2.45, 2.75) is 25.6 Å². The number of thiazole rings is 1. The van der Waals surface area contributed by atoms with E-state index in [0.717, 1.165) is 18.7 Å². The zero-order valence-electron chi connectivity index (χ0n) is 8.39. The minimum absolute atomic E-state index is 0.954. The maximum atomic E-state index is 4.59. The molecule has 2 nitrogen and oxygen atoms in total. The van der Waals surface area contributed by atoms with Crippen molar-refractivity contribution >= 4 is 23.1 Å². The lowest BCUT2D eigenvalue weighted by Crippen LogP contribution is -2.05. The molecule has 1 aromatic rings. The quantitative estimate of drug-likeness (QED) is 0.817. The normalized spacial score (nSPS) is 10.7. The van der Waals surface area contributed by atoms with Crippen LogP contribution >= 0.6 is 23.1 Å². The first-order valence-electron chi connectivity index (χ1n) is 4.42. The second kappa shape index (κ2) is 5.62. The predicted octanol–water partition coefficient (Wildman–Crippen LogP) is 2.29. The molecule has 0 aromatic carbocycles. The molecule has 0 aliphatic carbocycles. The summed E-state index contributed by atoms with van der Waals surface area (Å²) >= 11 is 3.67. The van der Waals surface area contributed by atoms with Gasteiger partial charge in [0.15, 0.2) is 0 Å². The van der Waals surface area contributed by atoms with E-state index in [9.17, 15) is 0 Å². The SMILES string of the molecule is CCc1nc(CSC)sc1CNC. The van der Waals surface area contributed by atoms with Crippen LogP contribution in [0, 0.1) is 0 Å².